The Morgan fingerprint density at radius 1 is 0.800 bits per heavy atom. The fourth-order valence-electron chi connectivity index (χ4n) is 5.54. The number of benzene rings is 4. The first-order valence-electron chi connectivity index (χ1n) is 13.3. The molecule has 0 bridgehead atoms. The molecule has 1 aromatic heterocycles. The number of nitrogens with one attached hydrogen (secondary N) is 1. The van der Waals surface area contributed by atoms with Crippen molar-refractivity contribution < 1.29 is 0 Å². The second-order valence-electron chi connectivity index (χ2n) is 10.2. The third kappa shape index (κ3) is 4.00. The molecule has 2 aliphatic heterocycles. The third-order valence-corrected chi connectivity index (χ3v) is 7.68. The van der Waals surface area contributed by atoms with Crippen molar-refractivity contribution in [1.82, 2.24) is 9.78 Å². The van der Waals surface area contributed by atoms with Crippen LogP contribution in [0.2, 0.25) is 5.02 Å². The number of amidine groups is 2. The number of para-hydroxylation sites is 3. The molecular formula is C33H27ClN6. The fraction of sp³-hybridized carbons (Fsp3) is 0.121. The molecule has 2 aliphatic rings. The molecule has 1 atom stereocenters. The van der Waals surface area contributed by atoms with Crippen molar-refractivity contribution in [3.8, 4) is 5.69 Å². The van der Waals surface area contributed by atoms with E-state index in [0.717, 1.165) is 56.8 Å². The number of hydrogen-bond acceptors (Lipinski definition) is 5. The molecule has 0 unspecified atom stereocenters. The molecule has 0 saturated heterocycles. The molecule has 196 valence electrons. The Kier molecular flexibility index (Phi) is 5.79. The maximum Gasteiger partial charge on any atom is 0.179 e. The van der Waals surface area contributed by atoms with Crippen molar-refractivity contribution in [3.63, 3.8) is 0 Å². The molecule has 0 fully saturated rings. The van der Waals surface area contributed by atoms with Crippen LogP contribution < -0.4 is 10.2 Å². The molecule has 3 heterocycles. The van der Waals surface area contributed by atoms with Gasteiger partial charge in [0.1, 0.15) is 0 Å². The normalized spacial score (nSPS) is 15.5. The van der Waals surface area contributed by atoms with E-state index < -0.39 is 0 Å². The van der Waals surface area contributed by atoms with E-state index in [-0.39, 0.29) is 6.04 Å². The molecule has 6 nitrogen and oxygen atoms in total. The van der Waals surface area contributed by atoms with Gasteiger partial charge in [-0.2, -0.15) is 5.10 Å². The maximum atomic E-state index is 6.57. The quantitative estimate of drug-likeness (QED) is 0.250. The lowest BCUT2D eigenvalue weighted by Gasteiger charge is -2.40. The van der Waals surface area contributed by atoms with E-state index in [0.29, 0.717) is 10.9 Å². The van der Waals surface area contributed by atoms with Crippen LogP contribution in [0.1, 0.15) is 34.0 Å². The number of halogens is 1. The van der Waals surface area contributed by atoms with E-state index in [2.05, 4.69) is 61.3 Å². The molecule has 4 aromatic carbocycles. The van der Waals surface area contributed by atoms with E-state index in [4.69, 9.17) is 26.7 Å². The van der Waals surface area contributed by atoms with E-state index in [1.54, 1.807) is 0 Å². The topological polar surface area (TPSA) is 57.8 Å². The molecule has 0 saturated carbocycles. The van der Waals surface area contributed by atoms with Gasteiger partial charge in [0.2, 0.25) is 0 Å². The van der Waals surface area contributed by atoms with Crippen LogP contribution in [-0.4, -0.2) is 21.5 Å². The van der Waals surface area contributed by atoms with Gasteiger partial charge in [-0.15, -0.1) is 0 Å². The third-order valence-electron chi connectivity index (χ3n) is 7.45. The van der Waals surface area contributed by atoms with E-state index >= 15 is 0 Å². The molecule has 7 heteroatoms. The summed E-state index contributed by atoms with van der Waals surface area (Å²) in [6, 6.07) is 32.6. The van der Waals surface area contributed by atoms with Crippen molar-refractivity contribution in [2.75, 3.05) is 10.2 Å². The van der Waals surface area contributed by atoms with Crippen molar-refractivity contribution in [2.45, 2.75) is 26.8 Å². The van der Waals surface area contributed by atoms with Crippen LogP contribution in [0.5, 0.6) is 0 Å². The van der Waals surface area contributed by atoms with E-state index in [9.17, 15) is 0 Å². The Balaban J connectivity index is 1.51. The predicted octanol–water partition coefficient (Wildman–Crippen LogP) is 8.25. The maximum absolute atomic E-state index is 6.57. The SMILES string of the molecule is Cc1ccc(C)c(NC2=Nc3ccccc3N3C2=Nc2c(c(C)nn2-c2ccccc2)[C@H]3c2cccc(Cl)c2)c1. The number of hydrogen-bond donors (Lipinski definition) is 1. The first kappa shape index (κ1) is 24.4. The number of anilines is 2. The zero-order chi connectivity index (χ0) is 27.4. The summed E-state index contributed by atoms with van der Waals surface area (Å²) >= 11 is 6.57. The van der Waals surface area contributed by atoms with Crippen molar-refractivity contribution in [2.24, 2.45) is 9.98 Å². The summed E-state index contributed by atoms with van der Waals surface area (Å²) in [5, 5.41) is 9.32. The smallest absolute Gasteiger partial charge is 0.179 e. The highest BCUT2D eigenvalue weighted by Crippen LogP contribution is 2.48. The second-order valence-corrected chi connectivity index (χ2v) is 10.7. The molecule has 0 radical (unpaired) electrons. The van der Waals surface area contributed by atoms with Gasteiger partial charge >= 0.3 is 0 Å². The van der Waals surface area contributed by atoms with Gasteiger partial charge in [0.15, 0.2) is 17.5 Å². The summed E-state index contributed by atoms with van der Waals surface area (Å²) in [6.07, 6.45) is 0. The highest BCUT2D eigenvalue weighted by molar-refractivity contribution is 6.51. The average Bonchev–Trinajstić information content (AvgIpc) is 3.30. The van der Waals surface area contributed by atoms with Crippen LogP contribution >= 0.6 is 11.6 Å². The summed E-state index contributed by atoms with van der Waals surface area (Å²) in [5.41, 5.74) is 9.11. The van der Waals surface area contributed by atoms with Gasteiger partial charge in [-0.1, -0.05) is 66.2 Å². The molecule has 7 rings (SSSR count). The van der Waals surface area contributed by atoms with Gasteiger partial charge in [0.05, 0.1) is 28.8 Å². The lowest BCUT2D eigenvalue weighted by molar-refractivity contribution is 0.815. The standard InChI is InChI=1S/C33H27ClN6/c1-20-16-17-21(2)27(18-20)36-31-33-37-32-29(22(3)38-40(32)25-12-5-4-6-13-25)30(23-10-9-11-24(34)19-23)39(33)28-15-8-7-14-26(28)35-31/h4-19,30H,1-3H3,(H,35,36)/t30-/m1/s1. The fourth-order valence-corrected chi connectivity index (χ4v) is 5.74. The minimum absolute atomic E-state index is 0.217. The zero-order valence-electron chi connectivity index (χ0n) is 22.4. The molecule has 0 amide bonds. The largest absolute Gasteiger partial charge is 0.337 e. The van der Waals surface area contributed by atoms with Crippen LogP contribution in [-0.2, 0) is 0 Å². The van der Waals surface area contributed by atoms with Crippen LogP contribution in [0, 0.1) is 20.8 Å². The Bertz CT molecular complexity index is 1840. The molecule has 0 aliphatic carbocycles. The molecule has 1 N–H and O–H groups in total. The van der Waals surface area contributed by atoms with Crippen LogP contribution in [0.25, 0.3) is 5.69 Å². The highest BCUT2D eigenvalue weighted by atomic mass is 35.5. The van der Waals surface area contributed by atoms with Crippen molar-refractivity contribution >= 4 is 46.2 Å². The molecule has 5 aromatic rings. The summed E-state index contributed by atoms with van der Waals surface area (Å²) in [6.45, 7) is 6.24. The lowest BCUT2D eigenvalue weighted by atomic mass is 9.93. The van der Waals surface area contributed by atoms with Crippen LogP contribution in [0.3, 0.4) is 0 Å². The molecule has 40 heavy (non-hydrogen) atoms. The summed E-state index contributed by atoms with van der Waals surface area (Å²) < 4.78 is 1.93. The Morgan fingerprint density at radius 3 is 2.42 bits per heavy atom. The summed E-state index contributed by atoms with van der Waals surface area (Å²) in [4.78, 5) is 12.7. The van der Waals surface area contributed by atoms with Crippen LogP contribution in [0.15, 0.2) is 107 Å². The van der Waals surface area contributed by atoms with Gasteiger partial charge in [-0.3, -0.25) is 0 Å². The van der Waals surface area contributed by atoms with Gasteiger partial charge < -0.3 is 10.2 Å². The summed E-state index contributed by atoms with van der Waals surface area (Å²) in [5.74, 6) is 2.20. The number of aromatic nitrogens is 2. The number of aliphatic imine (C=N–C) groups is 2. The lowest BCUT2D eigenvalue weighted by Crippen LogP contribution is -2.46. The first-order chi connectivity index (χ1) is 19.5. The first-order valence-corrected chi connectivity index (χ1v) is 13.7. The van der Waals surface area contributed by atoms with Gasteiger partial charge in [-0.05, 0) is 79.9 Å². The number of rotatable bonds is 3. The Morgan fingerprint density at radius 2 is 1.60 bits per heavy atom. The Hall–Kier alpha value is -4.68. The number of aryl methyl sites for hydroxylation is 3. The van der Waals surface area contributed by atoms with Crippen LogP contribution in [0.4, 0.5) is 22.9 Å². The number of nitrogens with zero attached hydrogens (tertiary/aromatic N) is 5. The highest BCUT2D eigenvalue weighted by Gasteiger charge is 2.41. The van der Waals surface area contributed by atoms with E-state index in [1.165, 1.54) is 5.56 Å². The van der Waals surface area contributed by atoms with Crippen molar-refractivity contribution in [1.29, 1.82) is 0 Å². The second kappa shape index (κ2) is 9.50. The summed E-state index contributed by atoms with van der Waals surface area (Å²) in [7, 11) is 0. The predicted molar refractivity (Wildman–Crippen MR) is 164 cm³/mol. The average molecular weight is 543 g/mol. The van der Waals surface area contributed by atoms with Gasteiger partial charge in [0.25, 0.3) is 0 Å². The minimum atomic E-state index is -0.217. The zero-order valence-corrected chi connectivity index (χ0v) is 23.2. The minimum Gasteiger partial charge on any atom is -0.337 e. The Labute approximate surface area is 238 Å². The molecule has 0 spiro atoms. The van der Waals surface area contributed by atoms with Gasteiger partial charge in [0, 0.05) is 16.3 Å². The molecular weight excluding hydrogens is 516 g/mol. The van der Waals surface area contributed by atoms with Gasteiger partial charge in [-0.25, -0.2) is 14.7 Å². The monoisotopic (exact) mass is 542 g/mol. The van der Waals surface area contributed by atoms with E-state index in [1.807, 2.05) is 71.4 Å². The van der Waals surface area contributed by atoms with Crippen molar-refractivity contribution in [3.05, 3.63) is 130 Å². The number of fused-ring (bicyclic) bond motifs is 4.